The summed E-state index contributed by atoms with van der Waals surface area (Å²) in [5.74, 6) is 0.575. The van der Waals surface area contributed by atoms with Crippen molar-refractivity contribution in [1.82, 2.24) is 5.32 Å². The summed E-state index contributed by atoms with van der Waals surface area (Å²) >= 11 is 0. The maximum absolute atomic E-state index is 12.4. The number of carbonyl (C=O) groups excluding carboxylic acids is 2. The lowest BCUT2D eigenvalue weighted by molar-refractivity contribution is -0.129. The first kappa shape index (κ1) is 19.9. The average Bonchev–Trinajstić information content (AvgIpc) is 3.19. The Balaban J connectivity index is 1.58. The van der Waals surface area contributed by atoms with Gasteiger partial charge in [0.15, 0.2) is 17.6 Å². The van der Waals surface area contributed by atoms with E-state index >= 15 is 0 Å². The molecule has 2 aromatic carbocycles. The molecule has 0 aromatic heterocycles. The zero-order chi connectivity index (χ0) is 20.1. The molecule has 1 amide bonds. The van der Waals surface area contributed by atoms with Gasteiger partial charge in [0.05, 0.1) is 21.3 Å². The molecule has 8 heteroatoms. The summed E-state index contributed by atoms with van der Waals surface area (Å²) in [5.41, 5.74) is 1.04. The van der Waals surface area contributed by atoms with E-state index in [2.05, 4.69) is 5.32 Å². The topological polar surface area (TPSA) is 90.9 Å². The number of rotatable bonds is 7. The molecular weight excluding hydrogens is 382 g/mol. The van der Waals surface area contributed by atoms with Gasteiger partial charge in [-0.3, -0.25) is 9.00 Å². The van der Waals surface area contributed by atoms with Crippen LogP contribution in [-0.2, 0) is 26.9 Å². The first-order chi connectivity index (χ1) is 13.5. The number of benzene rings is 2. The molecule has 0 aliphatic carbocycles. The van der Waals surface area contributed by atoms with Crippen molar-refractivity contribution < 1.29 is 28.0 Å². The molecule has 3 rings (SSSR count). The third kappa shape index (κ3) is 4.51. The number of hydrogen-bond acceptors (Lipinski definition) is 6. The molecule has 148 valence electrons. The van der Waals surface area contributed by atoms with Gasteiger partial charge >= 0.3 is 5.97 Å². The van der Waals surface area contributed by atoms with Crippen molar-refractivity contribution >= 4 is 22.7 Å². The largest absolute Gasteiger partial charge is 0.454 e. The highest BCUT2D eigenvalue weighted by molar-refractivity contribution is 7.85. The van der Waals surface area contributed by atoms with Crippen molar-refractivity contribution in [2.75, 3.05) is 12.5 Å². The van der Waals surface area contributed by atoms with Gasteiger partial charge < -0.3 is 19.5 Å². The van der Waals surface area contributed by atoms with Gasteiger partial charge in [0, 0.05) is 12.3 Å². The molecule has 2 aromatic rings. The van der Waals surface area contributed by atoms with Crippen molar-refractivity contribution in [3.63, 3.8) is 0 Å². The van der Waals surface area contributed by atoms with E-state index in [4.69, 9.17) is 14.2 Å². The quantitative estimate of drug-likeness (QED) is 0.714. The van der Waals surface area contributed by atoms with Gasteiger partial charge in [-0.1, -0.05) is 25.1 Å². The number of nitrogens with one attached hydrogen (secondary N) is 1. The average molecular weight is 403 g/mol. The normalized spacial score (nSPS) is 14.2. The van der Waals surface area contributed by atoms with Crippen molar-refractivity contribution in [1.29, 1.82) is 0 Å². The van der Waals surface area contributed by atoms with E-state index in [-0.39, 0.29) is 18.9 Å². The molecule has 0 radical (unpaired) electrons. The number of esters is 1. The van der Waals surface area contributed by atoms with Gasteiger partial charge in [-0.15, -0.1) is 0 Å². The fourth-order valence-electron chi connectivity index (χ4n) is 2.65. The Bertz CT molecular complexity index is 913. The summed E-state index contributed by atoms with van der Waals surface area (Å²) in [6.07, 6.45) is -0.996. The Morgan fingerprint density at radius 1 is 1.18 bits per heavy atom. The Labute approximate surface area is 165 Å². The van der Waals surface area contributed by atoms with E-state index in [0.29, 0.717) is 22.1 Å². The number of carbonyl (C=O) groups is 2. The van der Waals surface area contributed by atoms with Crippen LogP contribution in [0.2, 0.25) is 0 Å². The van der Waals surface area contributed by atoms with E-state index in [1.165, 1.54) is 6.92 Å². The van der Waals surface area contributed by atoms with Gasteiger partial charge in [-0.25, -0.2) is 4.79 Å². The van der Waals surface area contributed by atoms with E-state index in [9.17, 15) is 13.8 Å². The number of fused-ring (bicyclic) bond motifs is 1. The third-order valence-electron chi connectivity index (χ3n) is 4.17. The summed E-state index contributed by atoms with van der Waals surface area (Å²) in [7, 11) is -1.30. The van der Waals surface area contributed by atoms with Crippen LogP contribution in [0.3, 0.4) is 0 Å². The van der Waals surface area contributed by atoms with Crippen LogP contribution in [-0.4, -0.2) is 34.7 Å². The molecule has 2 atom stereocenters. The Kier molecular flexibility index (Phi) is 6.30. The molecule has 1 aliphatic rings. The number of amides is 1. The Morgan fingerprint density at radius 3 is 2.71 bits per heavy atom. The summed E-state index contributed by atoms with van der Waals surface area (Å²) in [4.78, 5) is 25.1. The van der Waals surface area contributed by atoms with E-state index in [0.717, 1.165) is 5.56 Å². The van der Waals surface area contributed by atoms with Gasteiger partial charge in [-0.2, -0.15) is 0 Å². The van der Waals surface area contributed by atoms with Gasteiger partial charge in [0.2, 0.25) is 6.79 Å². The molecule has 1 heterocycles. The smallest absolute Gasteiger partial charge is 0.340 e. The second-order valence-corrected chi connectivity index (χ2v) is 7.79. The minimum atomic E-state index is -1.30. The molecule has 0 bridgehead atoms. The molecule has 0 saturated heterocycles. The van der Waals surface area contributed by atoms with Crippen LogP contribution < -0.4 is 14.8 Å². The number of ether oxygens (including phenoxy) is 3. The Hall–Kier alpha value is -2.87. The molecule has 0 unspecified atom stereocenters. The van der Waals surface area contributed by atoms with Crippen molar-refractivity contribution in [2.45, 2.75) is 31.4 Å². The fraction of sp³-hybridized carbons (Fsp3) is 0.300. The molecule has 1 N–H and O–H groups in total. The first-order valence-electron chi connectivity index (χ1n) is 8.84. The van der Waals surface area contributed by atoms with Gasteiger partial charge in [-0.05, 0) is 36.8 Å². The second-order valence-electron chi connectivity index (χ2n) is 6.08. The SMILES string of the molecule is CC[S@](=O)c1ccccc1C(=O)O[C@@H](C)C(=O)NCc1ccc2c(c1)OCO2. The van der Waals surface area contributed by atoms with Crippen LogP contribution in [0, 0.1) is 0 Å². The van der Waals surface area contributed by atoms with Crippen molar-refractivity contribution in [2.24, 2.45) is 0 Å². The fourth-order valence-corrected chi connectivity index (χ4v) is 3.59. The maximum Gasteiger partial charge on any atom is 0.340 e. The summed E-state index contributed by atoms with van der Waals surface area (Å²) < 4.78 is 27.9. The van der Waals surface area contributed by atoms with E-state index < -0.39 is 28.8 Å². The molecule has 7 nitrogen and oxygen atoms in total. The standard InChI is InChI=1S/C20H21NO6S/c1-3-28(24)18-7-5-4-6-15(18)20(23)27-13(2)19(22)21-11-14-8-9-16-17(10-14)26-12-25-16/h4-10,13H,3,11-12H2,1-2H3,(H,21,22)/t13-,28-/m0/s1. The van der Waals surface area contributed by atoms with Crippen LogP contribution in [0.4, 0.5) is 0 Å². The van der Waals surface area contributed by atoms with Gasteiger partial charge in [0.25, 0.3) is 5.91 Å². The predicted molar refractivity (Wildman–Crippen MR) is 103 cm³/mol. The molecule has 0 saturated carbocycles. The van der Waals surface area contributed by atoms with Crippen LogP contribution in [0.5, 0.6) is 11.5 Å². The van der Waals surface area contributed by atoms with Gasteiger partial charge in [0.1, 0.15) is 0 Å². The minimum Gasteiger partial charge on any atom is -0.454 e. The lowest BCUT2D eigenvalue weighted by Crippen LogP contribution is -2.35. The zero-order valence-corrected chi connectivity index (χ0v) is 16.4. The molecule has 0 fully saturated rings. The number of hydrogen-bond donors (Lipinski definition) is 1. The lowest BCUT2D eigenvalue weighted by Gasteiger charge is -2.15. The predicted octanol–water partition coefficient (Wildman–Crippen LogP) is 2.40. The monoisotopic (exact) mass is 403 g/mol. The maximum atomic E-state index is 12.4. The summed E-state index contributed by atoms with van der Waals surface area (Å²) in [6.45, 7) is 3.70. The van der Waals surface area contributed by atoms with Crippen LogP contribution in [0.1, 0.15) is 29.8 Å². The zero-order valence-electron chi connectivity index (χ0n) is 15.6. The third-order valence-corrected chi connectivity index (χ3v) is 5.54. The lowest BCUT2D eigenvalue weighted by atomic mass is 10.2. The van der Waals surface area contributed by atoms with Crippen LogP contribution in [0.15, 0.2) is 47.4 Å². The first-order valence-corrected chi connectivity index (χ1v) is 10.2. The van der Waals surface area contributed by atoms with Crippen LogP contribution in [0.25, 0.3) is 0 Å². The minimum absolute atomic E-state index is 0.183. The van der Waals surface area contributed by atoms with E-state index in [1.54, 1.807) is 43.3 Å². The Morgan fingerprint density at radius 2 is 1.93 bits per heavy atom. The van der Waals surface area contributed by atoms with Crippen LogP contribution >= 0.6 is 0 Å². The van der Waals surface area contributed by atoms with E-state index in [1.807, 2.05) is 6.07 Å². The molecule has 1 aliphatic heterocycles. The highest BCUT2D eigenvalue weighted by Crippen LogP contribution is 2.32. The van der Waals surface area contributed by atoms with Crippen molar-refractivity contribution in [3.05, 3.63) is 53.6 Å². The summed E-state index contributed by atoms with van der Waals surface area (Å²) in [5, 5.41) is 2.72. The highest BCUT2D eigenvalue weighted by Gasteiger charge is 2.22. The molecule has 28 heavy (non-hydrogen) atoms. The second kappa shape index (κ2) is 8.88. The molecule has 0 spiro atoms. The summed E-state index contributed by atoms with van der Waals surface area (Å²) in [6, 6.07) is 11.9. The highest BCUT2D eigenvalue weighted by atomic mass is 32.2. The van der Waals surface area contributed by atoms with Crippen molar-refractivity contribution in [3.8, 4) is 11.5 Å². The molecular formula is C20H21NO6S.